The number of hydrogen-bond acceptors (Lipinski definition) is 7. The van der Waals surface area contributed by atoms with Crippen LogP contribution >= 0.6 is 0 Å². The van der Waals surface area contributed by atoms with E-state index in [4.69, 9.17) is 16.2 Å². The molecular weight excluding hydrogens is 463 g/mol. The van der Waals surface area contributed by atoms with Gasteiger partial charge in [0, 0.05) is 37.4 Å². The van der Waals surface area contributed by atoms with Gasteiger partial charge in [-0.05, 0) is 49.6 Å². The Kier molecular flexibility index (Phi) is 6.81. The van der Waals surface area contributed by atoms with Crippen molar-refractivity contribution in [1.29, 1.82) is 0 Å². The molecule has 0 radical (unpaired) electrons. The summed E-state index contributed by atoms with van der Waals surface area (Å²) < 4.78 is 20.6. The van der Waals surface area contributed by atoms with E-state index in [-0.39, 0.29) is 17.7 Å². The topological polar surface area (TPSA) is 137 Å². The molecule has 2 aromatic heterocycles. The normalized spacial score (nSPS) is 15.4. The molecule has 1 fully saturated rings. The first-order valence-corrected chi connectivity index (χ1v) is 12.0. The molecular formula is C25H29FN8O2. The Morgan fingerprint density at radius 1 is 1.17 bits per heavy atom. The zero-order chi connectivity index (χ0) is 25.1. The number of ether oxygens (including phenoxy) is 1. The lowest BCUT2D eigenvalue weighted by atomic mass is 10.0. The molecule has 1 saturated heterocycles. The third-order valence-corrected chi connectivity index (χ3v) is 6.54. The number of benzene rings is 1. The second-order valence-electron chi connectivity index (χ2n) is 8.99. The molecule has 2 aliphatic heterocycles. The van der Waals surface area contributed by atoms with Gasteiger partial charge in [-0.1, -0.05) is 12.1 Å². The fourth-order valence-corrected chi connectivity index (χ4v) is 4.62. The average molecular weight is 493 g/mol. The van der Waals surface area contributed by atoms with Gasteiger partial charge in [-0.3, -0.25) is 14.5 Å². The Morgan fingerprint density at radius 3 is 2.69 bits per heavy atom. The molecule has 5 rings (SSSR count). The van der Waals surface area contributed by atoms with Crippen molar-refractivity contribution in [3.05, 3.63) is 58.9 Å². The second kappa shape index (κ2) is 10.3. The third kappa shape index (κ3) is 5.15. The smallest absolute Gasteiger partial charge is 0.350 e. The molecule has 10 nitrogen and oxygen atoms in total. The molecule has 5 N–H and O–H groups in total. The van der Waals surface area contributed by atoms with Crippen LogP contribution in [0, 0.1) is 0 Å². The summed E-state index contributed by atoms with van der Waals surface area (Å²) >= 11 is 0. The van der Waals surface area contributed by atoms with Crippen molar-refractivity contribution in [2.24, 2.45) is 16.5 Å². The molecule has 2 aliphatic rings. The molecule has 3 aromatic rings. The third-order valence-electron chi connectivity index (χ3n) is 6.54. The minimum atomic E-state index is -0.598. The highest BCUT2D eigenvalue weighted by atomic mass is 19.1. The maximum atomic E-state index is 12.9. The quantitative estimate of drug-likeness (QED) is 0.203. The summed E-state index contributed by atoms with van der Waals surface area (Å²) in [5.41, 5.74) is 13.3. The number of halogens is 1. The van der Waals surface area contributed by atoms with Crippen LogP contribution in [0.5, 0.6) is 11.5 Å². The van der Waals surface area contributed by atoms with Crippen molar-refractivity contribution in [2.75, 3.05) is 31.5 Å². The summed E-state index contributed by atoms with van der Waals surface area (Å²) in [4.78, 5) is 27.7. The number of pyridine rings is 1. The van der Waals surface area contributed by atoms with Crippen molar-refractivity contribution in [1.82, 2.24) is 19.4 Å². The summed E-state index contributed by atoms with van der Waals surface area (Å²) in [5, 5.41) is 3.22. The number of anilines is 2. The summed E-state index contributed by atoms with van der Waals surface area (Å²) in [5.74, 6) is 1.67. The summed E-state index contributed by atoms with van der Waals surface area (Å²) in [7, 11) is 0. The van der Waals surface area contributed by atoms with Crippen LogP contribution in [-0.2, 0) is 6.67 Å². The van der Waals surface area contributed by atoms with E-state index in [2.05, 4.69) is 25.2 Å². The number of nitrogens with one attached hydrogen (secondary N) is 1. The van der Waals surface area contributed by atoms with Gasteiger partial charge in [0.1, 0.15) is 6.67 Å². The predicted molar refractivity (Wildman–Crippen MR) is 136 cm³/mol. The van der Waals surface area contributed by atoms with E-state index in [1.54, 1.807) is 23.0 Å². The predicted octanol–water partition coefficient (Wildman–Crippen LogP) is 2.92. The van der Waals surface area contributed by atoms with Crippen molar-refractivity contribution < 1.29 is 9.13 Å². The number of guanidine groups is 1. The lowest BCUT2D eigenvalue weighted by Crippen LogP contribution is -2.38. The number of fused-ring (bicyclic) bond motifs is 2. The van der Waals surface area contributed by atoms with Gasteiger partial charge in [0.2, 0.25) is 0 Å². The highest BCUT2D eigenvalue weighted by Gasteiger charge is 2.25. The van der Waals surface area contributed by atoms with Gasteiger partial charge in [0.05, 0.1) is 17.6 Å². The monoisotopic (exact) mass is 492 g/mol. The van der Waals surface area contributed by atoms with Gasteiger partial charge in [-0.15, -0.1) is 0 Å². The lowest BCUT2D eigenvalue weighted by molar-refractivity contribution is 0.182. The van der Waals surface area contributed by atoms with E-state index in [0.29, 0.717) is 35.2 Å². The Labute approximate surface area is 207 Å². The number of rotatable bonds is 7. The van der Waals surface area contributed by atoms with Gasteiger partial charge < -0.3 is 26.4 Å². The number of alkyl halides is 1. The summed E-state index contributed by atoms with van der Waals surface area (Å²) in [6.45, 7) is 2.72. The highest BCUT2D eigenvalue weighted by molar-refractivity contribution is 5.78. The molecule has 36 heavy (non-hydrogen) atoms. The van der Waals surface area contributed by atoms with Crippen molar-refractivity contribution in [2.45, 2.75) is 32.0 Å². The Bertz CT molecular complexity index is 1310. The molecule has 11 heteroatoms. The van der Waals surface area contributed by atoms with Crippen LogP contribution in [0.1, 0.15) is 31.0 Å². The fourth-order valence-electron chi connectivity index (χ4n) is 4.62. The van der Waals surface area contributed by atoms with Gasteiger partial charge in [-0.25, -0.2) is 9.18 Å². The molecule has 0 atom stereocenters. The van der Waals surface area contributed by atoms with E-state index >= 15 is 0 Å². The van der Waals surface area contributed by atoms with E-state index in [1.807, 2.05) is 24.3 Å². The number of aliphatic imine (C=N–C) groups is 1. The van der Waals surface area contributed by atoms with E-state index in [1.165, 1.54) is 0 Å². The molecule has 0 unspecified atom stereocenters. The fraction of sp³-hybridized carbons (Fsp3) is 0.360. The second-order valence-corrected chi connectivity index (χ2v) is 8.99. The molecule has 0 amide bonds. The Balaban J connectivity index is 1.26. The molecule has 4 heterocycles. The molecule has 188 valence electrons. The zero-order valence-electron chi connectivity index (χ0n) is 19.9. The lowest BCUT2D eigenvalue weighted by Gasteiger charge is -2.33. The zero-order valence-corrected chi connectivity index (χ0v) is 19.9. The average Bonchev–Trinajstić information content (AvgIpc) is 2.90. The maximum Gasteiger partial charge on any atom is 0.350 e. The van der Waals surface area contributed by atoms with Crippen molar-refractivity contribution >= 4 is 17.5 Å². The van der Waals surface area contributed by atoms with Crippen molar-refractivity contribution in [3.63, 3.8) is 0 Å². The van der Waals surface area contributed by atoms with Crippen LogP contribution in [0.4, 0.5) is 15.9 Å². The van der Waals surface area contributed by atoms with Crippen LogP contribution in [0.3, 0.4) is 0 Å². The molecule has 0 saturated carbocycles. The Hall–Kier alpha value is -3.99. The SMILES string of the molecule is NC(N)=NCCCN1CCC(n2cc3c(nc2=O)Nc2cc(-c4ccc(CF)nc4)ccc2O3)CC1. The largest absolute Gasteiger partial charge is 0.450 e. The number of piperidine rings is 1. The molecule has 0 aliphatic carbocycles. The Morgan fingerprint density at radius 2 is 1.97 bits per heavy atom. The summed E-state index contributed by atoms with van der Waals surface area (Å²) in [6.07, 6.45) is 5.99. The first-order valence-electron chi connectivity index (χ1n) is 12.0. The number of hydrogen-bond donors (Lipinski definition) is 3. The number of nitrogens with two attached hydrogens (primary N) is 2. The van der Waals surface area contributed by atoms with Crippen molar-refractivity contribution in [3.8, 4) is 22.6 Å². The van der Waals surface area contributed by atoms with Gasteiger partial charge in [0.25, 0.3) is 0 Å². The first kappa shape index (κ1) is 23.7. The van der Waals surface area contributed by atoms with E-state index in [9.17, 15) is 9.18 Å². The summed E-state index contributed by atoms with van der Waals surface area (Å²) in [6, 6.07) is 9.24. The van der Waals surface area contributed by atoms with Gasteiger partial charge >= 0.3 is 5.69 Å². The van der Waals surface area contributed by atoms with E-state index < -0.39 is 6.67 Å². The maximum absolute atomic E-state index is 12.9. The standard InChI is InChI=1S/C25H29FN8O2/c26-13-18-4-2-17(14-30-18)16-3-5-21-20(12-16)31-23-22(36-21)15-34(25(35)32-23)19-6-10-33(11-7-19)9-1-8-29-24(27)28/h2-5,12,14-15,19H,1,6-11,13H2,(H4,27,28,29)(H,31,32,35). The molecule has 0 bridgehead atoms. The van der Waals surface area contributed by atoms with Crippen LogP contribution < -0.4 is 27.2 Å². The van der Waals surface area contributed by atoms with Crippen LogP contribution in [-0.4, -0.2) is 51.6 Å². The van der Waals surface area contributed by atoms with E-state index in [0.717, 1.165) is 50.0 Å². The number of aromatic nitrogens is 3. The number of likely N-dealkylation sites (tertiary alicyclic amines) is 1. The van der Waals surface area contributed by atoms with Gasteiger partial charge in [0.15, 0.2) is 23.3 Å². The minimum Gasteiger partial charge on any atom is -0.450 e. The van der Waals surface area contributed by atoms with Crippen LogP contribution in [0.15, 0.2) is 52.5 Å². The minimum absolute atomic E-state index is 0.0661. The van der Waals surface area contributed by atoms with Gasteiger partial charge in [-0.2, -0.15) is 4.98 Å². The van der Waals surface area contributed by atoms with Crippen LogP contribution in [0.25, 0.3) is 11.1 Å². The first-order chi connectivity index (χ1) is 17.5. The highest BCUT2D eigenvalue weighted by Crippen LogP contribution is 2.42. The molecule has 1 aromatic carbocycles. The van der Waals surface area contributed by atoms with Crippen LogP contribution in [0.2, 0.25) is 0 Å². The molecule has 0 spiro atoms. The number of nitrogens with zero attached hydrogens (tertiary/aromatic N) is 5.